The summed E-state index contributed by atoms with van der Waals surface area (Å²) in [6.45, 7) is 0. The monoisotopic (exact) mass is 273 g/mol. The van der Waals surface area contributed by atoms with E-state index >= 15 is 0 Å². The topological polar surface area (TPSA) is 46.6 Å². The molecular formula is C16H19NO3. The maximum absolute atomic E-state index is 12.3. The van der Waals surface area contributed by atoms with Crippen molar-refractivity contribution in [1.82, 2.24) is 4.90 Å². The Morgan fingerprint density at radius 2 is 1.95 bits per heavy atom. The van der Waals surface area contributed by atoms with Crippen LogP contribution in [0, 0.1) is 0 Å². The Morgan fingerprint density at radius 3 is 2.75 bits per heavy atom. The van der Waals surface area contributed by atoms with E-state index in [9.17, 15) is 9.59 Å². The second kappa shape index (κ2) is 5.65. The van der Waals surface area contributed by atoms with Crippen LogP contribution in [0.3, 0.4) is 0 Å². The largest absolute Gasteiger partial charge is 0.444 e. The van der Waals surface area contributed by atoms with Gasteiger partial charge in [0, 0.05) is 6.42 Å². The molecule has 3 rings (SSSR count). The summed E-state index contributed by atoms with van der Waals surface area (Å²) < 4.78 is 5.32. The maximum Gasteiger partial charge on any atom is 0.417 e. The minimum atomic E-state index is -0.444. The standard InChI is InChI=1S/C16H19NO3/c18-15(11-10-12-6-2-1-3-7-12)17-13-8-4-5-9-14(13)20-16(17)19/h1-3,6-7,13-14H,4-5,8-11H2/t13-,14-/m1/s1. The molecule has 2 atom stereocenters. The number of nitrogens with zero attached hydrogens (tertiary/aromatic N) is 1. The number of rotatable bonds is 3. The summed E-state index contributed by atoms with van der Waals surface area (Å²) >= 11 is 0. The van der Waals surface area contributed by atoms with Crippen molar-refractivity contribution in [1.29, 1.82) is 0 Å². The van der Waals surface area contributed by atoms with Crippen molar-refractivity contribution < 1.29 is 14.3 Å². The molecule has 2 amide bonds. The van der Waals surface area contributed by atoms with Crippen LogP contribution in [-0.2, 0) is 16.0 Å². The Labute approximate surface area is 118 Å². The predicted molar refractivity (Wildman–Crippen MR) is 74.1 cm³/mol. The molecule has 0 unspecified atom stereocenters. The third kappa shape index (κ3) is 2.55. The molecule has 0 aromatic heterocycles. The summed E-state index contributed by atoms with van der Waals surface area (Å²) in [6, 6.07) is 9.84. The normalized spacial score (nSPS) is 25.2. The molecule has 1 saturated carbocycles. The van der Waals surface area contributed by atoms with Gasteiger partial charge in [-0.2, -0.15) is 0 Å². The average molecular weight is 273 g/mol. The molecule has 1 saturated heterocycles. The lowest BCUT2D eigenvalue weighted by Crippen LogP contribution is -2.42. The molecule has 1 heterocycles. The molecule has 0 N–H and O–H groups in total. The first-order valence-electron chi connectivity index (χ1n) is 7.32. The third-order valence-electron chi connectivity index (χ3n) is 4.19. The zero-order valence-electron chi connectivity index (χ0n) is 11.5. The molecule has 4 heteroatoms. The summed E-state index contributed by atoms with van der Waals surface area (Å²) in [4.78, 5) is 25.6. The van der Waals surface area contributed by atoms with Gasteiger partial charge in [-0.15, -0.1) is 0 Å². The zero-order valence-corrected chi connectivity index (χ0v) is 11.5. The highest BCUT2D eigenvalue weighted by molar-refractivity contribution is 5.93. The Hall–Kier alpha value is -1.84. The fraction of sp³-hybridized carbons (Fsp3) is 0.500. The number of hydrogen-bond donors (Lipinski definition) is 0. The van der Waals surface area contributed by atoms with E-state index < -0.39 is 6.09 Å². The summed E-state index contributed by atoms with van der Waals surface area (Å²) in [5.74, 6) is -0.103. The van der Waals surface area contributed by atoms with Gasteiger partial charge in [0.05, 0.1) is 6.04 Å². The molecule has 0 bridgehead atoms. The number of carbonyl (C=O) groups is 2. The van der Waals surface area contributed by atoms with Crippen LogP contribution >= 0.6 is 0 Å². The molecule has 1 aliphatic heterocycles. The highest BCUT2D eigenvalue weighted by atomic mass is 16.6. The van der Waals surface area contributed by atoms with Crippen molar-refractivity contribution in [2.24, 2.45) is 0 Å². The van der Waals surface area contributed by atoms with Crippen LogP contribution in [0.15, 0.2) is 30.3 Å². The second-order valence-corrected chi connectivity index (χ2v) is 5.52. The predicted octanol–water partition coefficient (Wildman–Crippen LogP) is 2.91. The molecule has 1 aliphatic carbocycles. The number of aryl methyl sites for hydroxylation is 1. The molecule has 0 spiro atoms. The van der Waals surface area contributed by atoms with Gasteiger partial charge in [-0.3, -0.25) is 4.79 Å². The number of amides is 2. The van der Waals surface area contributed by atoms with Crippen molar-refractivity contribution >= 4 is 12.0 Å². The lowest BCUT2D eigenvalue weighted by molar-refractivity contribution is -0.129. The van der Waals surface area contributed by atoms with E-state index in [0.717, 1.165) is 31.2 Å². The molecule has 2 aliphatic rings. The first kappa shape index (κ1) is 13.2. The lowest BCUT2D eigenvalue weighted by Gasteiger charge is -2.26. The zero-order chi connectivity index (χ0) is 13.9. The van der Waals surface area contributed by atoms with Gasteiger partial charge in [0.1, 0.15) is 6.10 Å². The molecule has 0 radical (unpaired) electrons. The van der Waals surface area contributed by atoms with E-state index in [2.05, 4.69) is 0 Å². The average Bonchev–Trinajstić information content (AvgIpc) is 2.82. The molecule has 1 aromatic rings. The number of hydrogen-bond acceptors (Lipinski definition) is 3. The van der Waals surface area contributed by atoms with Crippen LogP contribution in [0.2, 0.25) is 0 Å². The minimum absolute atomic E-state index is 0.0282. The van der Waals surface area contributed by atoms with Gasteiger partial charge in [-0.05, 0) is 31.2 Å². The molecule has 106 valence electrons. The molecule has 20 heavy (non-hydrogen) atoms. The van der Waals surface area contributed by atoms with E-state index in [4.69, 9.17) is 4.74 Å². The van der Waals surface area contributed by atoms with Crippen molar-refractivity contribution in [2.45, 2.75) is 50.7 Å². The SMILES string of the molecule is O=C(CCc1ccccc1)N1C(=O)O[C@@H]2CCCC[C@H]21. The highest BCUT2D eigenvalue weighted by Crippen LogP contribution is 2.32. The second-order valence-electron chi connectivity index (χ2n) is 5.52. The van der Waals surface area contributed by atoms with E-state index in [1.807, 2.05) is 30.3 Å². The van der Waals surface area contributed by atoms with Gasteiger partial charge in [-0.25, -0.2) is 9.69 Å². The fourth-order valence-corrected chi connectivity index (χ4v) is 3.13. The van der Waals surface area contributed by atoms with Gasteiger partial charge < -0.3 is 4.74 Å². The Bertz CT molecular complexity index is 500. The van der Waals surface area contributed by atoms with Gasteiger partial charge in [0.15, 0.2) is 0 Å². The summed E-state index contributed by atoms with van der Waals surface area (Å²) in [6.07, 6.45) is 4.44. The van der Waals surface area contributed by atoms with E-state index in [1.165, 1.54) is 4.90 Å². The van der Waals surface area contributed by atoms with Crippen molar-refractivity contribution in [3.05, 3.63) is 35.9 Å². The number of fused-ring (bicyclic) bond motifs is 1. The van der Waals surface area contributed by atoms with E-state index in [-0.39, 0.29) is 18.1 Å². The van der Waals surface area contributed by atoms with Crippen LogP contribution < -0.4 is 0 Å². The fourth-order valence-electron chi connectivity index (χ4n) is 3.13. The molecule has 2 fully saturated rings. The van der Waals surface area contributed by atoms with Gasteiger partial charge in [0.25, 0.3) is 0 Å². The maximum atomic E-state index is 12.3. The quantitative estimate of drug-likeness (QED) is 0.850. The summed E-state index contributed by atoms with van der Waals surface area (Å²) in [7, 11) is 0. The Balaban J connectivity index is 1.63. The molecule has 1 aromatic carbocycles. The lowest BCUT2D eigenvalue weighted by atomic mass is 9.92. The van der Waals surface area contributed by atoms with Crippen LogP contribution in [0.25, 0.3) is 0 Å². The number of ether oxygens (including phenoxy) is 1. The molecular weight excluding hydrogens is 254 g/mol. The van der Waals surface area contributed by atoms with Crippen molar-refractivity contribution in [3.8, 4) is 0 Å². The minimum Gasteiger partial charge on any atom is -0.444 e. The number of imide groups is 1. The van der Waals surface area contributed by atoms with Crippen LogP contribution in [0.5, 0.6) is 0 Å². The first-order chi connectivity index (χ1) is 9.75. The van der Waals surface area contributed by atoms with E-state index in [1.54, 1.807) is 0 Å². The van der Waals surface area contributed by atoms with Gasteiger partial charge in [0.2, 0.25) is 5.91 Å². The van der Waals surface area contributed by atoms with Crippen molar-refractivity contribution in [2.75, 3.05) is 0 Å². The number of benzene rings is 1. The third-order valence-corrected chi connectivity index (χ3v) is 4.19. The smallest absolute Gasteiger partial charge is 0.417 e. The first-order valence-corrected chi connectivity index (χ1v) is 7.32. The van der Waals surface area contributed by atoms with Crippen LogP contribution in [0.4, 0.5) is 4.79 Å². The van der Waals surface area contributed by atoms with Crippen molar-refractivity contribution in [3.63, 3.8) is 0 Å². The summed E-state index contributed by atoms with van der Waals surface area (Å²) in [5, 5.41) is 0. The Kier molecular flexibility index (Phi) is 3.72. The van der Waals surface area contributed by atoms with Gasteiger partial charge in [-0.1, -0.05) is 36.8 Å². The van der Waals surface area contributed by atoms with E-state index in [0.29, 0.717) is 12.8 Å². The summed E-state index contributed by atoms with van der Waals surface area (Å²) in [5.41, 5.74) is 1.12. The molecule has 4 nitrogen and oxygen atoms in total. The van der Waals surface area contributed by atoms with Crippen LogP contribution in [0.1, 0.15) is 37.7 Å². The van der Waals surface area contributed by atoms with Crippen LogP contribution in [-0.4, -0.2) is 29.0 Å². The number of carbonyl (C=O) groups excluding carboxylic acids is 2. The highest BCUT2D eigenvalue weighted by Gasteiger charge is 2.45. The van der Waals surface area contributed by atoms with Gasteiger partial charge >= 0.3 is 6.09 Å². The Morgan fingerprint density at radius 1 is 1.20 bits per heavy atom.